The van der Waals surface area contributed by atoms with E-state index in [1.807, 2.05) is 24.3 Å². The smallest absolute Gasteiger partial charge is 0.250 e. The number of benzene rings is 2. The van der Waals surface area contributed by atoms with Crippen molar-refractivity contribution in [3.8, 4) is 5.75 Å². The van der Waals surface area contributed by atoms with Crippen molar-refractivity contribution in [2.75, 3.05) is 7.11 Å². The number of halogens is 2. The molecule has 2 aromatic carbocycles. The van der Waals surface area contributed by atoms with E-state index in [0.717, 1.165) is 16.9 Å². The zero-order valence-corrected chi connectivity index (χ0v) is 14.5. The van der Waals surface area contributed by atoms with E-state index in [1.54, 1.807) is 31.5 Å². The Hall–Kier alpha value is -2.59. The molecule has 1 heterocycles. The van der Waals surface area contributed by atoms with Crippen LogP contribution in [0.5, 0.6) is 5.75 Å². The molecule has 5 heteroatoms. The molecule has 128 valence electrons. The minimum absolute atomic E-state index is 0.154. The molecule has 0 saturated carbocycles. The quantitative estimate of drug-likeness (QED) is 0.682. The third kappa shape index (κ3) is 4.09. The number of methoxy groups -OCH3 is 1. The molecule has 0 amide bonds. The van der Waals surface area contributed by atoms with E-state index in [2.05, 4.69) is 0 Å². The van der Waals surface area contributed by atoms with Crippen molar-refractivity contribution in [1.82, 2.24) is 4.57 Å². The lowest BCUT2D eigenvalue weighted by molar-refractivity contribution is 0.410. The number of hydrogen-bond acceptors (Lipinski definition) is 2. The highest BCUT2D eigenvalue weighted by Gasteiger charge is 2.08. The van der Waals surface area contributed by atoms with Crippen LogP contribution in [0.15, 0.2) is 65.6 Å². The number of nitrogens with zero attached hydrogens (tertiary/aromatic N) is 1. The first-order valence-electron chi connectivity index (χ1n) is 7.82. The molecule has 3 aromatic rings. The Balaban J connectivity index is 1.89. The normalized spacial score (nSPS) is 10.7. The number of rotatable bonds is 5. The van der Waals surface area contributed by atoms with Gasteiger partial charge in [0.1, 0.15) is 11.6 Å². The average Bonchev–Trinajstić information content (AvgIpc) is 2.60. The Bertz CT molecular complexity index is 952. The SMILES string of the molecule is COc1ccccc1Cc1ccc(=O)n(Cc2ccc(Cl)cc2F)c1. The van der Waals surface area contributed by atoms with Gasteiger partial charge in [0.2, 0.25) is 0 Å². The Morgan fingerprint density at radius 3 is 2.64 bits per heavy atom. The van der Waals surface area contributed by atoms with Crippen molar-refractivity contribution in [2.24, 2.45) is 0 Å². The monoisotopic (exact) mass is 357 g/mol. The van der Waals surface area contributed by atoms with Crippen LogP contribution in [-0.2, 0) is 13.0 Å². The lowest BCUT2D eigenvalue weighted by atomic mass is 10.1. The summed E-state index contributed by atoms with van der Waals surface area (Å²) in [5.74, 6) is 0.374. The largest absolute Gasteiger partial charge is 0.496 e. The maximum atomic E-state index is 14.0. The molecule has 0 unspecified atom stereocenters. The predicted molar refractivity (Wildman–Crippen MR) is 97.0 cm³/mol. The van der Waals surface area contributed by atoms with Crippen LogP contribution >= 0.6 is 11.6 Å². The van der Waals surface area contributed by atoms with Crippen LogP contribution in [0.2, 0.25) is 5.02 Å². The van der Waals surface area contributed by atoms with E-state index in [4.69, 9.17) is 16.3 Å². The van der Waals surface area contributed by atoms with Crippen LogP contribution in [0.25, 0.3) is 0 Å². The number of para-hydroxylation sites is 1. The summed E-state index contributed by atoms with van der Waals surface area (Å²) in [4.78, 5) is 12.1. The van der Waals surface area contributed by atoms with Gasteiger partial charge in [0, 0.05) is 29.3 Å². The van der Waals surface area contributed by atoms with Crippen LogP contribution in [0.1, 0.15) is 16.7 Å². The highest BCUT2D eigenvalue weighted by molar-refractivity contribution is 6.30. The topological polar surface area (TPSA) is 31.2 Å². The van der Waals surface area contributed by atoms with Gasteiger partial charge in [-0.25, -0.2) is 4.39 Å². The molecule has 25 heavy (non-hydrogen) atoms. The van der Waals surface area contributed by atoms with Gasteiger partial charge in [0.05, 0.1) is 13.7 Å². The number of pyridine rings is 1. The standard InChI is InChI=1S/C20H17ClFNO2/c1-25-19-5-3-2-4-15(19)10-14-6-9-20(24)23(12-14)13-16-7-8-17(21)11-18(16)22/h2-9,11-12H,10,13H2,1H3. The number of aromatic nitrogens is 1. The molecule has 3 rings (SSSR count). The second kappa shape index (κ2) is 7.53. The van der Waals surface area contributed by atoms with Crippen molar-refractivity contribution >= 4 is 11.6 Å². The Kier molecular flexibility index (Phi) is 5.19. The highest BCUT2D eigenvalue weighted by atomic mass is 35.5. The Morgan fingerprint density at radius 1 is 1.08 bits per heavy atom. The molecule has 0 saturated heterocycles. The second-order valence-corrected chi connectivity index (χ2v) is 6.16. The van der Waals surface area contributed by atoms with Crippen molar-refractivity contribution in [2.45, 2.75) is 13.0 Å². The molecule has 0 aliphatic carbocycles. The van der Waals surface area contributed by atoms with Gasteiger partial charge in [-0.05, 0) is 29.3 Å². The summed E-state index contributed by atoms with van der Waals surface area (Å²) in [5, 5.41) is 0.332. The summed E-state index contributed by atoms with van der Waals surface area (Å²) in [5.41, 5.74) is 2.20. The highest BCUT2D eigenvalue weighted by Crippen LogP contribution is 2.21. The number of hydrogen-bond donors (Lipinski definition) is 0. The molecular formula is C20H17ClFNO2. The minimum atomic E-state index is -0.422. The fourth-order valence-electron chi connectivity index (χ4n) is 2.71. The van der Waals surface area contributed by atoms with Crippen LogP contribution in [0, 0.1) is 5.82 Å². The van der Waals surface area contributed by atoms with E-state index >= 15 is 0 Å². The number of ether oxygens (including phenoxy) is 1. The maximum absolute atomic E-state index is 14.0. The van der Waals surface area contributed by atoms with Gasteiger partial charge >= 0.3 is 0 Å². The molecule has 0 N–H and O–H groups in total. The predicted octanol–water partition coefficient (Wildman–Crippen LogP) is 4.29. The second-order valence-electron chi connectivity index (χ2n) is 5.73. The summed E-state index contributed by atoms with van der Waals surface area (Å²) >= 11 is 5.77. The molecule has 0 aliphatic heterocycles. The third-order valence-corrected chi connectivity index (χ3v) is 4.22. The summed E-state index contributed by atoms with van der Waals surface area (Å²) in [6, 6.07) is 15.5. The zero-order valence-electron chi connectivity index (χ0n) is 13.7. The van der Waals surface area contributed by atoms with Crippen LogP contribution < -0.4 is 10.3 Å². The summed E-state index contributed by atoms with van der Waals surface area (Å²) < 4.78 is 20.9. The molecule has 3 nitrogen and oxygen atoms in total. The summed E-state index contributed by atoms with van der Waals surface area (Å²) in [7, 11) is 1.63. The zero-order chi connectivity index (χ0) is 17.8. The van der Waals surface area contributed by atoms with Gasteiger partial charge in [0.15, 0.2) is 0 Å². The van der Waals surface area contributed by atoms with E-state index in [9.17, 15) is 9.18 Å². The van der Waals surface area contributed by atoms with Gasteiger partial charge in [-0.15, -0.1) is 0 Å². The van der Waals surface area contributed by atoms with Gasteiger partial charge in [-0.1, -0.05) is 41.9 Å². The maximum Gasteiger partial charge on any atom is 0.250 e. The molecule has 0 fully saturated rings. The van der Waals surface area contributed by atoms with Crippen molar-refractivity contribution < 1.29 is 9.13 Å². The Labute approximate surface area is 150 Å². The first-order valence-corrected chi connectivity index (χ1v) is 8.20. The summed E-state index contributed by atoms with van der Waals surface area (Å²) in [6.07, 6.45) is 2.37. The van der Waals surface area contributed by atoms with Crippen LogP contribution in [0.3, 0.4) is 0 Å². The van der Waals surface area contributed by atoms with Crippen molar-refractivity contribution in [1.29, 1.82) is 0 Å². The average molecular weight is 358 g/mol. The van der Waals surface area contributed by atoms with Crippen molar-refractivity contribution in [3.63, 3.8) is 0 Å². The van der Waals surface area contributed by atoms with Gasteiger partial charge in [-0.3, -0.25) is 4.79 Å². The minimum Gasteiger partial charge on any atom is -0.496 e. The molecule has 0 aliphatic rings. The van der Waals surface area contributed by atoms with Crippen LogP contribution in [-0.4, -0.2) is 11.7 Å². The Morgan fingerprint density at radius 2 is 1.88 bits per heavy atom. The fourth-order valence-corrected chi connectivity index (χ4v) is 2.87. The van der Waals surface area contributed by atoms with E-state index in [0.29, 0.717) is 17.0 Å². The van der Waals surface area contributed by atoms with Gasteiger partial charge < -0.3 is 9.30 Å². The third-order valence-electron chi connectivity index (χ3n) is 3.99. The molecular weight excluding hydrogens is 341 g/mol. The van der Waals surface area contributed by atoms with E-state index in [1.165, 1.54) is 16.7 Å². The molecule has 0 radical (unpaired) electrons. The summed E-state index contributed by atoms with van der Waals surface area (Å²) in [6.45, 7) is 0.154. The molecule has 0 bridgehead atoms. The lowest BCUT2D eigenvalue weighted by Crippen LogP contribution is -2.20. The van der Waals surface area contributed by atoms with Gasteiger partial charge in [0.25, 0.3) is 5.56 Å². The first kappa shape index (κ1) is 17.2. The molecule has 0 spiro atoms. The van der Waals surface area contributed by atoms with Crippen molar-refractivity contribution in [3.05, 3.63) is 98.7 Å². The fraction of sp³-hybridized carbons (Fsp3) is 0.150. The molecule has 0 atom stereocenters. The van der Waals surface area contributed by atoms with E-state index in [-0.39, 0.29) is 12.1 Å². The lowest BCUT2D eigenvalue weighted by Gasteiger charge is -2.11. The molecule has 1 aromatic heterocycles. The van der Waals surface area contributed by atoms with Gasteiger partial charge in [-0.2, -0.15) is 0 Å². The van der Waals surface area contributed by atoms with E-state index < -0.39 is 5.82 Å². The first-order chi connectivity index (χ1) is 12.1. The van der Waals surface area contributed by atoms with Crippen LogP contribution in [0.4, 0.5) is 4.39 Å².